The molecule has 0 aromatic carbocycles. The molecule has 1 saturated heterocycles. The van der Waals surface area contributed by atoms with E-state index in [0.29, 0.717) is 12.1 Å². The van der Waals surface area contributed by atoms with Crippen LogP contribution in [0.2, 0.25) is 0 Å². The van der Waals surface area contributed by atoms with Gasteiger partial charge in [-0.1, -0.05) is 0 Å². The standard InChI is InChI=1S/C15H25N5/c1-12-11-19(2)6-3-7-20(12)15-10-16-8-14(18-15)9-17-13-4-5-13/h8,10,12-13,17H,3-7,9,11H2,1-2H3. The van der Waals surface area contributed by atoms with E-state index < -0.39 is 0 Å². The van der Waals surface area contributed by atoms with E-state index in [-0.39, 0.29) is 0 Å². The quantitative estimate of drug-likeness (QED) is 0.896. The van der Waals surface area contributed by atoms with Crippen molar-refractivity contribution in [1.29, 1.82) is 0 Å². The molecule has 3 rings (SSSR count). The van der Waals surface area contributed by atoms with Crippen molar-refractivity contribution in [3.05, 3.63) is 18.1 Å². The van der Waals surface area contributed by atoms with Gasteiger partial charge < -0.3 is 15.1 Å². The molecule has 2 fully saturated rings. The van der Waals surface area contributed by atoms with Crippen LogP contribution in [0.4, 0.5) is 5.82 Å². The zero-order valence-electron chi connectivity index (χ0n) is 12.5. The highest BCUT2D eigenvalue weighted by Gasteiger charge is 2.22. The predicted molar refractivity (Wildman–Crippen MR) is 80.8 cm³/mol. The maximum atomic E-state index is 4.80. The van der Waals surface area contributed by atoms with E-state index in [1.54, 1.807) is 0 Å². The molecule has 5 heteroatoms. The fourth-order valence-electron chi connectivity index (χ4n) is 2.87. The number of rotatable bonds is 4. The van der Waals surface area contributed by atoms with Gasteiger partial charge in [-0.25, -0.2) is 4.98 Å². The summed E-state index contributed by atoms with van der Waals surface area (Å²) in [6.45, 7) is 6.44. The Morgan fingerprint density at radius 3 is 2.95 bits per heavy atom. The first kappa shape index (κ1) is 13.8. The van der Waals surface area contributed by atoms with Crippen molar-refractivity contribution in [2.75, 3.05) is 31.6 Å². The van der Waals surface area contributed by atoms with Crippen molar-refractivity contribution in [2.45, 2.75) is 44.8 Å². The van der Waals surface area contributed by atoms with E-state index in [1.165, 1.54) is 19.3 Å². The zero-order valence-corrected chi connectivity index (χ0v) is 12.5. The topological polar surface area (TPSA) is 44.3 Å². The molecule has 0 amide bonds. The Labute approximate surface area is 121 Å². The van der Waals surface area contributed by atoms with Gasteiger partial charge in [-0.3, -0.25) is 4.98 Å². The molecule has 1 aromatic heterocycles. The third-order valence-corrected chi connectivity index (χ3v) is 4.16. The number of anilines is 1. The Kier molecular flexibility index (Phi) is 4.17. The summed E-state index contributed by atoms with van der Waals surface area (Å²) in [6.07, 6.45) is 7.59. The second-order valence-corrected chi connectivity index (χ2v) is 6.18. The largest absolute Gasteiger partial charge is 0.351 e. The first-order chi connectivity index (χ1) is 9.72. The molecule has 1 atom stereocenters. The van der Waals surface area contributed by atoms with E-state index in [2.05, 4.69) is 34.1 Å². The first-order valence-electron chi connectivity index (χ1n) is 7.72. The van der Waals surface area contributed by atoms with Crippen LogP contribution >= 0.6 is 0 Å². The summed E-state index contributed by atoms with van der Waals surface area (Å²) >= 11 is 0. The monoisotopic (exact) mass is 275 g/mol. The average Bonchev–Trinajstić information content (AvgIpc) is 3.25. The van der Waals surface area contributed by atoms with Crippen LogP contribution in [0.15, 0.2) is 12.4 Å². The van der Waals surface area contributed by atoms with Gasteiger partial charge in [0.2, 0.25) is 0 Å². The van der Waals surface area contributed by atoms with Gasteiger partial charge in [-0.05, 0) is 39.8 Å². The number of nitrogens with zero attached hydrogens (tertiary/aromatic N) is 4. The molecular weight excluding hydrogens is 250 g/mol. The van der Waals surface area contributed by atoms with Gasteiger partial charge in [0.25, 0.3) is 0 Å². The van der Waals surface area contributed by atoms with E-state index in [1.807, 2.05) is 12.4 Å². The van der Waals surface area contributed by atoms with E-state index >= 15 is 0 Å². The maximum Gasteiger partial charge on any atom is 0.147 e. The molecule has 1 aliphatic carbocycles. The smallest absolute Gasteiger partial charge is 0.147 e. The second kappa shape index (κ2) is 6.06. The van der Waals surface area contributed by atoms with Gasteiger partial charge in [-0.2, -0.15) is 0 Å². The Balaban J connectivity index is 1.69. The average molecular weight is 275 g/mol. The lowest BCUT2D eigenvalue weighted by Gasteiger charge is -2.29. The highest BCUT2D eigenvalue weighted by atomic mass is 15.3. The van der Waals surface area contributed by atoms with Crippen molar-refractivity contribution in [1.82, 2.24) is 20.2 Å². The molecule has 1 aliphatic heterocycles. The molecular formula is C15H25N5. The van der Waals surface area contributed by atoms with Crippen molar-refractivity contribution >= 4 is 5.82 Å². The predicted octanol–water partition coefficient (Wildman–Crippen LogP) is 1.26. The SMILES string of the molecule is CC1CN(C)CCCN1c1cncc(CNC2CC2)n1. The lowest BCUT2D eigenvalue weighted by Crippen LogP contribution is -2.38. The second-order valence-electron chi connectivity index (χ2n) is 6.18. The van der Waals surface area contributed by atoms with Crippen LogP contribution in [-0.2, 0) is 6.54 Å². The van der Waals surface area contributed by atoms with Crippen LogP contribution in [0.1, 0.15) is 31.9 Å². The molecule has 20 heavy (non-hydrogen) atoms. The van der Waals surface area contributed by atoms with E-state index in [4.69, 9.17) is 4.98 Å². The minimum atomic E-state index is 0.489. The zero-order chi connectivity index (χ0) is 13.9. The minimum Gasteiger partial charge on any atom is -0.351 e. The highest BCUT2D eigenvalue weighted by Crippen LogP contribution is 2.20. The van der Waals surface area contributed by atoms with Gasteiger partial charge in [0, 0.05) is 37.9 Å². The lowest BCUT2D eigenvalue weighted by molar-refractivity contribution is 0.337. The lowest BCUT2D eigenvalue weighted by atomic mass is 10.2. The molecule has 0 spiro atoms. The Morgan fingerprint density at radius 1 is 1.30 bits per heavy atom. The fraction of sp³-hybridized carbons (Fsp3) is 0.733. The normalized spacial score (nSPS) is 24.7. The molecule has 1 saturated carbocycles. The van der Waals surface area contributed by atoms with Crippen LogP contribution in [0.3, 0.4) is 0 Å². The van der Waals surface area contributed by atoms with Crippen molar-refractivity contribution in [2.24, 2.45) is 0 Å². The molecule has 1 N–H and O–H groups in total. The number of aromatic nitrogens is 2. The fourth-order valence-corrected chi connectivity index (χ4v) is 2.87. The number of hydrogen-bond donors (Lipinski definition) is 1. The van der Waals surface area contributed by atoms with Crippen LogP contribution < -0.4 is 10.2 Å². The highest BCUT2D eigenvalue weighted by molar-refractivity contribution is 5.38. The number of nitrogens with one attached hydrogen (secondary N) is 1. The van der Waals surface area contributed by atoms with Crippen LogP contribution in [0.5, 0.6) is 0 Å². The summed E-state index contributed by atoms with van der Waals surface area (Å²) < 4.78 is 0. The molecule has 110 valence electrons. The summed E-state index contributed by atoms with van der Waals surface area (Å²) in [7, 11) is 2.20. The van der Waals surface area contributed by atoms with Gasteiger partial charge in [0.05, 0.1) is 11.9 Å². The van der Waals surface area contributed by atoms with Gasteiger partial charge >= 0.3 is 0 Å². The molecule has 1 unspecified atom stereocenters. The first-order valence-corrected chi connectivity index (χ1v) is 7.72. The molecule has 0 bridgehead atoms. The summed E-state index contributed by atoms with van der Waals surface area (Å²) in [5, 5.41) is 3.50. The Morgan fingerprint density at radius 2 is 2.15 bits per heavy atom. The van der Waals surface area contributed by atoms with E-state index in [9.17, 15) is 0 Å². The van der Waals surface area contributed by atoms with Gasteiger partial charge in [-0.15, -0.1) is 0 Å². The molecule has 0 radical (unpaired) electrons. The molecule has 5 nitrogen and oxygen atoms in total. The minimum absolute atomic E-state index is 0.489. The molecule has 2 heterocycles. The maximum absolute atomic E-state index is 4.80. The third kappa shape index (κ3) is 3.46. The van der Waals surface area contributed by atoms with Crippen molar-refractivity contribution < 1.29 is 0 Å². The summed E-state index contributed by atoms with van der Waals surface area (Å²) in [6, 6.07) is 1.20. The summed E-state index contributed by atoms with van der Waals surface area (Å²) in [4.78, 5) is 14.0. The third-order valence-electron chi connectivity index (χ3n) is 4.16. The van der Waals surface area contributed by atoms with E-state index in [0.717, 1.165) is 37.7 Å². The van der Waals surface area contributed by atoms with Crippen LogP contribution in [-0.4, -0.2) is 53.6 Å². The van der Waals surface area contributed by atoms with Crippen LogP contribution in [0.25, 0.3) is 0 Å². The number of likely N-dealkylation sites (N-methyl/N-ethyl adjacent to an activating group) is 1. The molecule has 1 aromatic rings. The Bertz CT molecular complexity index is 446. The van der Waals surface area contributed by atoms with Crippen molar-refractivity contribution in [3.8, 4) is 0 Å². The summed E-state index contributed by atoms with van der Waals surface area (Å²) in [5.41, 5.74) is 1.05. The molecule has 2 aliphatic rings. The van der Waals surface area contributed by atoms with Gasteiger partial charge in [0.1, 0.15) is 5.82 Å². The van der Waals surface area contributed by atoms with Crippen molar-refractivity contribution in [3.63, 3.8) is 0 Å². The number of hydrogen-bond acceptors (Lipinski definition) is 5. The summed E-state index contributed by atoms with van der Waals surface area (Å²) in [5.74, 6) is 1.03. The van der Waals surface area contributed by atoms with Gasteiger partial charge in [0.15, 0.2) is 0 Å². The Hall–Kier alpha value is -1.20. The van der Waals surface area contributed by atoms with Crippen LogP contribution in [0, 0.1) is 0 Å².